The molecule has 1 amide bonds. The molecule has 0 aliphatic rings. The van der Waals surface area contributed by atoms with Gasteiger partial charge >= 0.3 is 5.97 Å². The second kappa shape index (κ2) is 11.3. The number of nitrogens with zero attached hydrogens (tertiary/aromatic N) is 2. The number of anilines is 1. The van der Waals surface area contributed by atoms with Crippen LogP contribution in [0.1, 0.15) is 21.7 Å². The number of amides is 1. The van der Waals surface area contributed by atoms with Gasteiger partial charge in [-0.25, -0.2) is 9.18 Å². The third-order valence-corrected chi connectivity index (χ3v) is 6.29. The van der Waals surface area contributed by atoms with Gasteiger partial charge in [0.15, 0.2) is 6.61 Å². The van der Waals surface area contributed by atoms with E-state index in [1.54, 1.807) is 0 Å². The average molecular weight is 556 g/mol. The number of hydrogen-bond donors (Lipinski definition) is 1. The summed E-state index contributed by atoms with van der Waals surface area (Å²) < 4.78 is 30.7. The van der Waals surface area contributed by atoms with E-state index >= 15 is 0 Å². The zero-order chi connectivity index (χ0) is 28.2. The minimum atomic E-state index is -0.974. The van der Waals surface area contributed by atoms with Crippen molar-refractivity contribution in [2.45, 2.75) is 6.92 Å². The largest absolute Gasteiger partial charge is 0.452 e. The Labute approximate surface area is 232 Å². The summed E-state index contributed by atoms with van der Waals surface area (Å²) in [5, 5.41) is 16.3. The number of furan rings is 1. The highest BCUT2D eigenvalue weighted by Gasteiger charge is 2.28. The number of nitriles is 1. The molecule has 0 unspecified atom stereocenters. The summed E-state index contributed by atoms with van der Waals surface area (Å²) in [6, 6.07) is 24.4. The fourth-order valence-electron chi connectivity index (χ4n) is 4.17. The van der Waals surface area contributed by atoms with Crippen LogP contribution in [0.5, 0.6) is 0 Å². The van der Waals surface area contributed by atoms with Crippen molar-refractivity contribution in [1.29, 1.82) is 5.26 Å². The maximum Gasteiger partial charge on any atom is 0.344 e. The highest BCUT2D eigenvalue weighted by Crippen LogP contribution is 2.41. The minimum Gasteiger partial charge on any atom is -0.452 e. The molecule has 0 atom stereocenters. The third kappa shape index (κ3) is 5.08. The Kier molecular flexibility index (Phi) is 7.44. The van der Waals surface area contributed by atoms with Crippen LogP contribution in [0.25, 0.3) is 33.7 Å². The van der Waals surface area contributed by atoms with Gasteiger partial charge in [-0.2, -0.15) is 5.26 Å². The van der Waals surface area contributed by atoms with Gasteiger partial charge in [0.25, 0.3) is 5.91 Å². The lowest BCUT2D eigenvalue weighted by Crippen LogP contribution is -2.21. The molecular weight excluding hydrogens is 537 g/mol. The van der Waals surface area contributed by atoms with Gasteiger partial charge in [-0.05, 0) is 24.6 Å². The summed E-state index contributed by atoms with van der Waals surface area (Å²) in [7, 11) is 0. The minimum absolute atomic E-state index is 0.0189. The number of rotatable bonds is 7. The van der Waals surface area contributed by atoms with Crippen LogP contribution >= 0.6 is 11.6 Å². The molecule has 10 heteroatoms. The highest BCUT2D eigenvalue weighted by molar-refractivity contribution is 6.33. The van der Waals surface area contributed by atoms with Crippen molar-refractivity contribution in [2.75, 3.05) is 11.9 Å². The number of nitrogens with one attached hydrogen (secondary N) is 1. The van der Waals surface area contributed by atoms with Gasteiger partial charge in [-0.1, -0.05) is 83.5 Å². The normalized spacial score (nSPS) is 10.7. The number of aromatic nitrogens is 1. The van der Waals surface area contributed by atoms with E-state index in [0.29, 0.717) is 16.9 Å². The lowest BCUT2D eigenvalue weighted by Gasteiger charge is -2.07. The van der Waals surface area contributed by atoms with Crippen LogP contribution in [-0.4, -0.2) is 23.6 Å². The van der Waals surface area contributed by atoms with Gasteiger partial charge in [-0.3, -0.25) is 10.1 Å². The fourth-order valence-corrected chi connectivity index (χ4v) is 4.42. The second-order valence-corrected chi connectivity index (χ2v) is 8.94. The zero-order valence-electron chi connectivity index (χ0n) is 20.9. The molecule has 0 saturated carbocycles. The molecule has 0 bridgehead atoms. The quantitative estimate of drug-likeness (QED) is 0.214. The van der Waals surface area contributed by atoms with Crippen LogP contribution in [0.15, 0.2) is 87.8 Å². The molecule has 5 aromatic rings. The number of halogens is 2. The predicted molar refractivity (Wildman–Crippen MR) is 145 cm³/mol. The van der Waals surface area contributed by atoms with Crippen molar-refractivity contribution in [3.8, 4) is 39.8 Å². The molecule has 2 heterocycles. The van der Waals surface area contributed by atoms with Gasteiger partial charge in [0.05, 0.1) is 10.6 Å². The Morgan fingerprint density at radius 1 is 1.00 bits per heavy atom. The lowest BCUT2D eigenvalue weighted by molar-refractivity contribution is -0.119. The first-order valence-electron chi connectivity index (χ1n) is 11.9. The van der Waals surface area contributed by atoms with Gasteiger partial charge in [0.1, 0.15) is 40.2 Å². The molecule has 0 spiro atoms. The first kappa shape index (κ1) is 26.4. The van der Waals surface area contributed by atoms with E-state index in [0.717, 1.165) is 11.6 Å². The molecule has 198 valence electrons. The SMILES string of the molecule is Cc1onc(-c2c(F)cccc2Cl)c1C(=O)OCC(=O)Nc1oc(-c2ccccc2)c(-c2ccccc2)c1C#N. The van der Waals surface area contributed by atoms with E-state index < -0.39 is 24.3 Å². The highest BCUT2D eigenvalue weighted by atomic mass is 35.5. The zero-order valence-corrected chi connectivity index (χ0v) is 21.7. The van der Waals surface area contributed by atoms with E-state index in [2.05, 4.69) is 16.5 Å². The molecule has 0 fully saturated rings. The van der Waals surface area contributed by atoms with E-state index in [4.69, 9.17) is 25.3 Å². The van der Waals surface area contributed by atoms with Crippen LogP contribution in [-0.2, 0) is 9.53 Å². The summed E-state index contributed by atoms with van der Waals surface area (Å²) in [5.74, 6) is -2.10. The van der Waals surface area contributed by atoms with Gasteiger partial charge in [0.2, 0.25) is 5.88 Å². The summed E-state index contributed by atoms with van der Waals surface area (Å²) >= 11 is 6.12. The maximum atomic E-state index is 14.5. The number of carbonyl (C=O) groups is 2. The summed E-state index contributed by atoms with van der Waals surface area (Å²) in [6.07, 6.45) is 0. The molecular formula is C30H19ClFN3O5. The van der Waals surface area contributed by atoms with Crippen LogP contribution in [0.2, 0.25) is 5.02 Å². The van der Waals surface area contributed by atoms with E-state index in [-0.39, 0.29) is 39.1 Å². The van der Waals surface area contributed by atoms with Crippen LogP contribution in [0, 0.1) is 24.1 Å². The lowest BCUT2D eigenvalue weighted by atomic mass is 9.98. The van der Waals surface area contributed by atoms with Crippen molar-refractivity contribution < 1.29 is 27.7 Å². The smallest absolute Gasteiger partial charge is 0.344 e. The summed E-state index contributed by atoms with van der Waals surface area (Å²) in [6.45, 7) is 0.709. The number of ether oxygens (including phenoxy) is 1. The molecule has 3 aromatic carbocycles. The molecule has 5 rings (SSSR count). The maximum absolute atomic E-state index is 14.5. The van der Waals surface area contributed by atoms with Crippen LogP contribution in [0.3, 0.4) is 0 Å². The fraction of sp³-hybridized carbons (Fsp3) is 0.0667. The molecule has 8 nitrogen and oxygen atoms in total. The van der Waals surface area contributed by atoms with Crippen molar-refractivity contribution in [3.63, 3.8) is 0 Å². The van der Waals surface area contributed by atoms with Crippen molar-refractivity contribution in [2.24, 2.45) is 0 Å². The molecule has 1 N–H and O–H groups in total. The molecule has 2 aromatic heterocycles. The van der Waals surface area contributed by atoms with Crippen molar-refractivity contribution in [1.82, 2.24) is 5.16 Å². The van der Waals surface area contributed by atoms with Gasteiger partial charge in [-0.15, -0.1) is 0 Å². The van der Waals surface area contributed by atoms with Crippen molar-refractivity contribution >= 4 is 29.4 Å². The second-order valence-electron chi connectivity index (χ2n) is 8.54. The Bertz CT molecular complexity index is 1740. The van der Waals surface area contributed by atoms with E-state index in [1.165, 1.54) is 19.1 Å². The molecule has 0 aliphatic carbocycles. The van der Waals surface area contributed by atoms with Gasteiger partial charge in [0, 0.05) is 11.1 Å². The standard InChI is InChI=1S/C30H19ClFN3O5/c1-17-24(27(35-40-17)26-21(31)13-8-14-22(26)32)30(37)38-16-23(36)34-29-20(15-33)25(18-9-4-2-5-10-18)28(39-29)19-11-6-3-7-12-19/h2-14H,16H2,1H3,(H,34,36). The molecule has 40 heavy (non-hydrogen) atoms. The topological polar surface area (TPSA) is 118 Å². The number of hydrogen-bond acceptors (Lipinski definition) is 7. The number of benzene rings is 3. The Morgan fingerprint density at radius 3 is 2.33 bits per heavy atom. The summed E-state index contributed by atoms with van der Waals surface area (Å²) in [4.78, 5) is 25.7. The Balaban J connectivity index is 1.40. The van der Waals surface area contributed by atoms with Gasteiger partial charge < -0.3 is 13.7 Å². The number of esters is 1. The Hall–Kier alpha value is -5.20. The predicted octanol–water partition coefficient (Wildman–Crippen LogP) is 7.04. The molecule has 0 saturated heterocycles. The average Bonchev–Trinajstić information content (AvgIpc) is 3.52. The first-order chi connectivity index (χ1) is 19.4. The van der Waals surface area contributed by atoms with Crippen molar-refractivity contribution in [3.05, 3.63) is 107 Å². The third-order valence-electron chi connectivity index (χ3n) is 5.97. The monoisotopic (exact) mass is 555 g/mol. The van der Waals surface area contributed by atoms with E-state index in [1.807, 2.05) is 60.7 Å². The first-order valence-corrected chi connectivity index (χ1v) is 12.3. The Morgan fingerprint density at radius 2 is 1.68 bits per heavy atom. The summed E-state index contributed by atoms with van der Waals surface area (Å²) in [5.41, 5.74) is 1.58. The number of aryl methyl sites for hydroxylation is 1. The van der Waals surface area contributed by atoms with E-state index in [9.17, 15) is 19.2 Å². The van der Waals surface area contributed by atoms with Crippen LogP contribution in [0.4, 0.5) is 10.3 Å². The number of carbonyl (C=O) groups excluding carboxylic acids is 2. The molecule has 0 radical (unpaired) electrons. The van der Waals surface area contributed by atoms with Crippen LogP contribution < -0.4 is 5.32 Å². The molecule has 0 aliphatic heterocycles.